The number of benzene rings is 1. The second-order valence-corrected chi connectivity index (χ2v) is 3.84. The van der Waals surface area contributed by atoms with Gasteiger partial charge in [0, 0.05) is 18.7 Å². The number of halogens is 1. The van der Waals surface area contributed by atoms with Crippen LogP contribution in [0, 0.1) is 5.82 Å². The number of hydrogen-bond acceptors (Lipinski definition) is 4. The Bertz CT molecular complexity index is 557. The van der Waals surface area contributed by atoms with Crippen LogP contribution in [0.3, 0.4) is 0 Å². The molecule has 7 heteroatoms. The van der Waals surface area contributed by atoms with Crippen LogP contribution in [0.5, 0.6) is 0 Å². The number of rotatable bonds is 5. The summed E-state index contributed by atoms with van der Waals surface area (Å²) in [5.41, 5.74) is 0.448. The minimum atomic E-state index is -0.555. The molecule has 2 aromatic rings. The first-order chi connectivity index (χ1) is 9.22. The summed E-state index contributed by atoms with van der Waals surface area (Å²) in [6.07, 6.45) is 3.14. The molecule has 6 nitrogen and oxygen atoms in total. The second-order valence-electron chi connectivity index (χ2n) is 3.84. The average Bonchev–Trinajstić information content (AvgIpc) is 2.92. The largest absolute Gasteiger partial charge is 0.396 e. The maximum atomic E-state index is 13.9. The minimum absolute atomic E-state index is 0.000121. The van der Waals surface area contributed by atoms with E-state index in [2.05, 4.69) is 15.4 Å². The molecule has 1 heterocycles. The van der Waals surface area contributed by atoms with Crippen LogP contribution in [-0.4, -0.2) is 38.9 Å². The van der Waals surface area contributed by atoms with Gasteiger partial charge in [0.15, 0.2) is 0 Å². The summed E-state index contributed by atoms with van der Waals surface area (Å²) in [5, 5.41) is 15.0. The Morgan fingerprint density at radius 1 is 1.47 bits per heavy atom. The summed E-state index contributed by atoms with van der Waals surface area (Å²) in [6.45, 7) is 0.349. The van der Waals surface area contributed by atoms with Crippen molar-refractivity contribution in [1.82, 2.24) is 20.1 Å². The highest BCUT2D eigenvalue weighted by Gasteiger charge is 2.10. The molecule has 0 saturated heterocycles. The van der Waals surface area contributed by atoms with Crippen LogP contribution in [-0.2, 0) is 0 Å². The molecule has 0 aliphatic carbocycles. The van der Waals surface area contributed by atoms with E-state index >= 15 is 0 Å². The summed E-state index contributed by atoms with van der Waals surface area (Å²) in [4.78, 5) is 15.4. The quantitative estimate of drug-likeness (QED) is 0.771. The van der Waals surface area contributed by atoms with Crippen LogP contribution in [0.2, 0.25) is 0 Å². The molecule has 19 heavy (non-hydrogen) atoms. The van der Waals surface area contributed by atoms with Gasteiger partial charge in [0.25, 0.3) is 5.91 Å². The maximum absolute atomic E-state index is 13.9. The fraction of sp³-hybridized carbons (Fsp3) is 0.250. The van der Waals surface area contributed by atoms with Gasteiger partial charge >= 0.3 is 0 Å². The van der Waals surface area contributed by atoms with Gasteiger partial charge in [0.05, 0.1) is 0 Å². The minimum Gasteiger partial charge on any atom is -0.396 e. The lowest BCUT2D eigenvalue weighted by Crippen LogP contribution is -2.25. The molecule has 0 fully saturated rings. The third kappa shape index (κ3) is 3.14. The zero-order valence-corrected chi connectivity index (χ0v) is 10.1. The van der Waals surface area contributed by atoms with E-state index in [1.165, 1.54) is 29.5 Å². The number of nitrogens with zero attached hydrogens (tertiary/aromatic N) is 3. The number of carbonyl (C=O) groups excluding carboxylic acids is 1. The van der Waals surface area contributed by atoms with Crippen molar-refractivity contribution in [3.05, 3.63) is 42.2 Å². The Hall–Kier alpha value is -2.28. The van der Waals surface area contributed by atoms with Gasteiger partial charge in [-0.3, -0.25) is 4.79 Å². The summed E-state index contributed by atoms with van der Waals surface area (Å²) in [6, 6.07) is 4.12. The number of hydrogen-bond donors (Lipinski definition) is 2. The van der Waals surface area contributed by atoms with Crippen molar-refractivity contribution in [3.8, 4) is 5.69 Å². The van der Waals surface area contributed by atoms with E-state index in [-0.39, 0.29) is 23.8 Å². The van der Waals surface area contributed by atoms with Crippen molar-refractivity contribution in [2.24, 2.45) is 0 Å². The highest BCUT2D eigenvalue weighted by atomic mass is 19.1. The van der Waals surface area contributed by atoms with Gasteiger partial charge in [0.2, 0.25) is 0 Å². The number of aromatic nitrogens is 3. The van der Waals surface area contributed by atoms with Crippen LogP contribution < -0.4 is 5.32 Å². The van der Waals surface area contributed by atoms with Gasteiger partial charge in [-0.05, 0) is 24.6 Å². The molecule has 0 unspecified atom stereocenters. The van der Waals surface area contributed by atoms with E-state index in [0.717, 1.165) is 6.07 Å². The normalized spacial score (nSPS) is 10.4. The lowest BCUT2D eigenvalue weighted by atomic mass is 10.2. The highest BCUT2D eigenvalue weighted by molar-refractivity contribution is 5.94. The third-order valence-corrected chi connectivity index (χ3v) is 2.50. The summed E-state index contributed by atoms with van der Waals surface area (Å²) < 4.78 is 15.1. The van der Waals surface area contributed by atoms with Crippen molar-refractivity contribution >= 4 is 5.91 Å². The molecular formula is C12H13FN4O2. The van der Waals surface area contributed by atoms with Gasteiger partial charge in [-0.15, -0.1) is 0 Å². The molecule has 0 aliphatic rings. The molecule has 0 atom stereocenters. The maximum Gasteiger partial charge on any atom is 0.251 e. The monoisotopic (exact) mass is 264 g/mol. The molecule has 0 saturated carbocycles. The predicted octanol–water partition coefficient (Wildman–Crippen LogP) is 0.519. The fourth-order valence-electron chi connectivity index (χ4n) is 1.55. The fourth-order valence-corrected chi connectivity index (χ4v) is 1.55. The van der Waals surface area contributed by atoms with Crippen molar-refractivity contribution in [3.63, 3.8) is 0 Å². The predicted molar refractivity (Wildman–Crippen MR) is 65.4 cm³/mol. The number of aliphatic hydroxyl groups excluding tert-OH is 1. The molecule has 2 N–H and O–H groups in total. The van der Waals surface area contributed by atoms with E-state index in [1.807, 2.05) is 0 Å². The molecule has 0 aliphatic heterocycles. The topological polar surface area (TPSA) is 80.0 Å². The molecule has 100 valence electrons. The van der Waals surface area contributed by atoms with E-state index in [9.17, 15) is 9.18 Å². The van der Waals surface area contributed by atoms with Crippen LogP contribution in [0.15, 0.2) is 30.9 Å². The number of aliphatic hydroxyl groups is 1. The Morgan fingerprint density at radius 3 is 2.95 bits per heavy atom. The van der Waals surface area contributed by atoms with E-state index < -0.39 is 5.82 Å². The van der Waals surface area contributed by atoms with E-state index in [1.54, 1.807) is 0 Å². The smallest absolute Gasteiger partial charge is 0.251 e. The van der Waals surface area contributed by atoms with Gasteiger partial charge in [-0.25, -0.2) is 14.1 Å². The van der Waals surface area contributed by atoms with Crippen LogP contribution >= 0.6 is 0 Å². The molecule has 0 radical (unpaired) electrons. The molecule has 2 rings (SSSR count). The van der Waals surface area contributed by atoms with Crippen LogP contribution in [0.1, 0.15) is 16.8 Å². The molecule has 0 bridgehead atoms. The zero-order valence-electron chi connectivity index (χ0n) is 10.1. The Balaban J connectivity index is 2.13. The van der Waals surface area contributed by atoms with Gasteiger partial charge in [-0.1, -0.05) is 0 Å². The molecule has 1 amide bonds. The van der Waals surface area contributed by atoms with Crippen molar-refractivity contribution in [2.45, 2.75) is 6.42 Å². The molecule has 1 aromatic carbocycles. The summed E-state index contributed by atoms with van der Waals surface area (Å²) in [7, 11) is 0. The SMILES string of the molecule is O=C(NCCCO)c1ccc(-n2cncn2)c(F)c1. The second kappa shape index (κ2) is 6.05. The summed E-state index contributed by atoms with van der Waals surface area (Å²) in [5.74, 6) is -0.933. The van der Waals surface area contributed by atoms with Gasteiger partial charge in [-0.2, -0.15) is 5.10 Å². The first-order valence-electron chi connectivity index (χ1n) is 5.76. The Labute approximate surface area is 108 Å². The third-order valence-electron chi connectivity index (χ3n) is 2.50. The lowest BCUT2D eigenvalue weighted by Gasteiger charge is -2.06. The van der Waals surface area contributed by atoms with Crippen LogP contribution in [0.4, 0.5) is 4.39 Å². The highest BCUT2D eigenvalue weighted by Crippen LogP contribution is 2.13. The zero-order chi connectivity index (χ0) is 13.7. The standard InChI is InChI=1S/C12H13FN4O2/c13-10-6-9(12(19)15-4-1-5-18)2-3-11(10)17-8-14-7-16-17/h2-3,6-8,18H,1,4-5H2,(H,15,19). The first kappa shape index (κ1) is 13.2. The number of amides is 1. The van der Waals surface area contributed by atoms with Gasteiger partial charge < -0.3 is 10.4 Å². The van der Waals surface area contributed by atoms with Gasteiger partial charge in [0.1, 0.15) is 24.2 Å². The number of nitrogens with one attached hydrogen (secondary N) is 1. The lowest BCUT2D eigenvalue weighted by molar-refractivity contribution is 0.0950. The molecule has 0 spiro atoms. The van der Waals surface area contributed by atoms with E-state index in [0.29, 0.717) is 13.0 Å². The number of carbonyl (C=O) groups is 1. The van der Waals surface area contributed by atoms with Crippen molar-refractivity contribution in [1.29, 1.82) is 0 Å². The van der Waals surface area contributed by atoms with Crippen molar-refractivity contribution in [2.75, 3.05) is 13.2 Å². The van der Waals surface area contributed by atoms with Crippen LogP contribution in [0.25, 0.3) is 5.69 Å². The van der Waals surface area contributed by atoms with E-state index in [4.69, 9.17) is 5.11 Å². The Morgan fingerprint density at radius 2 is 2.32 bits per heavy atom. The molecular weight excluding hydrogens is 251 g/mol. The summed E-state index contributed by atoms with van der Waals surface area (Å²) >= 11 is 0. The molecule has 1 aromatic heterocycles. The first-order valence-corrected chi connectivity index (χ1v) is 5.76. The van der Waals surface area contributed by atoms with Crippen molar-refractivity contribution < 1.29 is 14.3 Å². The average molecular weight is 264 g/mol. The Kier molecular flexibility index (Phi) is 4.19.